The van der Waals surface area contributed by atoms with Gasteiger partial charge in [-0.2, -0.15) is 8.42 Å². The van der Waals surface area contributed by atoms with Gasteiger partial charge in [-0.05, 0) is 35.7 Å². The van der Waals surface area contributed by atoms with Crippen molar-refractivity contribution in [3.63, 3.8) is 0 Å². The van der Waals surface area contributed by atoms with Gasteiger partial charge in [0.25, 0.3) is 10.1 Å². The smallest absolute Gasteiger partial charge is 0.295 e. The van der Waals surface area contributed by atoms with E-state index in [1.807, 2.05) is 84.9 Å². The molecule has 0 aromatic heterocycles. The van der Waals surface area contributed by atoms with Gasteiger partial charge in [-0.3, -0.25) is 9.55 Å². The lowest BCUT2D eigenvalue weighted by Crippen LogP contribution is -2.13. The van der Waals surface area contributed by atoms with E-state index in [1.54, 1.807) is 18.2 Å². The van der Waals surface area contributed by atoms with Crippen LogP contribution < -0.4 is 16.4 Å². The van der Waals surface area contributed by atoms with Crippen molar-refractivity contribution < 1.29 is 17.4 Å². The lowest BCUT2D eigenvalue weighted by Gasteiger charge is -2.21. The third-order valence-electron chi connectivity index (χ3n) is 7.55. The molecule has 2 aliphatic rings. The quantitative estimate of drug-likeness (QED) is 0.117. The molecular weight excluding hydrogens is 570 g/mol. The van der Waals surface area contributed by atoms with Crippen molar-refractivity contribution in [2.75, 3.05) is 25.0 Å². The fourth-order valence-electron chi connectivity index (χ4n) is 5.58. The zero-order chi connectivity index (χ0) is 30.7. The second kappa shape index (κ2) is 12.5. The summed E-state index contributed by atoms with van der Waals surface area (Å²) in [6, 6.07) is 34.3. The predicted octanol–water partition coefficient (Wildman–Crippen LogP) is 7.47. The van der Waals surface area contributed by atoms with Crippen LogP contribution in [0.15, 0.2) is 123 Å². The van der Waals surface area contributed by atoms with E-state index < -0.39 is 10.1 Å². The molecule has 1 heterocycles. The topological polar surface area (TPSA) is 118 Å². The van der Waals surface area contributed by atoms with E-state index in [-0.39, 0.29) is 4.90 Å². The summed E-state index contributed by atoms with van der Waals surface area (Å²) >= 11 is 0. The van der Waals surface area contributed by atoms with E-state index in [4.69, 9.17) is 15.1 Å². The largest absolute Gasteiger partial charge is 0.456 e. The average molecular weight is 604 g/mol. The van der Waals surface area contributed by atoms with Crippen molar-refractivity contribution >= 4 is 26.8 Å². The molecule has 0 atom stereocenters. The lowest BCUT2D eigenvalue weighted by atomic mass is 9.89. The number of fused-ring (bicyclic) bond motifs is 2. The molecular formula is C36H33N3O4S. The molecule has 1 aliphatic carbocycles. The summed E-state index contributed by atoms with van der Waals surface area (Å²) in [5.74, 6) is 0.546. The number of anilines is 1. The highest BCUT2D eigenvalue weighted by Gasteiger charge is 2.25. The van der Waals surface area contributed by atoms with E-state index >= 15 is 0 Å². The van der Waals surface area contributed by atoms with Crippen LogP contribution in [0, 0.1) is 0 Å². The summed E-state index contributed by atoms with van der Waals surface area (Å²) in [5, 5.41) is 4.91. The molecule has 0 saturated heterocycles. The number of rotatable bonds is 9. The van der Waals surface area contributed by atoms with Gasteiger partial charge in [0.1, 0.15) is 16.2 Å². The minimum atomic E-state index is -4.56. The molecule has 0 saturated carbocycles. The van der Waals surface area contributed by atoms with Gasteiger partial charge >= 0.3 is 0 Å². The third kappa shape index (κ3) is 5.75. The SMILES string of the molecule is CCCN=c1cc2oc3cc(NCCN)c(-c4ccccc4)cc3c(-c3ccccc3S(=O)(=O)O)c-2cc1-c1ccccc1. The maximum absolute atomic E-state index is 12.7. The van der Waals surface area contributed by atoms with E-state index in [9.17, 15) is 13.0 Å². The Bertz CT molecular complexity index is 2090. The maximum atomic E-state index is 12.7. The van der Waals surface area contributed by atoms with Crippen LogP contribution in [-0.2, 0) is 10.1 Å². The highest BCUT2D eigenvalue weighted by atomic mass is 32.2. The van der Waals surface area contributed by atoms with Crippen LogP contribution in [0.25, 0.3) is 55.7 Å². The van der Waals surface area contributed by atoms with Crippen LogP contribution in [0.5, 0.6) is 0 Å². The molecule has 4 aromatic carbocycles. The Labute approximate surface area is 256 Å². The van der Waals surface area contributed by atoms with E-state index in [2.05, 4.69) is 12.2 Å². The summed E-state index contributed by atoms with van der Waals surface area (Å²) in [4.78, 5) is 4.70. The van der Waals surface area contributed by atoms with Gasteiger partial charge in [0, 0.05) is 70.7 Å². The van der Waals surface area contributed by atoms with E-state index in [1.165, 1.54) is 6.07 Å². The fraction of sp³-hybridized carbons (Fsp3) is 0.139. The van der Waals surface area contributed by atoms with Crippen molar-refractivity contribution in [2.24, 2.45) is 10.7 Å². The molecule has 8 heteroatoms. The maximum Gasteiger partial charge on any atom is 0.295 e. The number of nitrogens with one attached hydrogen (secondary N) is 1. The molecule has 7 nitrogen and oxygen atoms in total. The molecule has 4 N–H and O–H groups in total. The van der Waals surface area contributed by atoms with Gasteiger partial charge in [0.05, 0.1) is 5.36 Å². The third-order valence-corrected chi connectivity index (χ3v) is 8.46. The molecule has 222 valence electrons. The molecule has 6 rings (SSSR count). The molecule has 0 amide bonds. The Hall–Kier alpha value is -4.76. The van der Waals surface area contributed by atoms with E-state index in [0.717, 1.165) is 39.7 Å². The van der Waals surface area contributed by atoms with Crippen molar-refractivity contribution in [1.29, 1.82) is 0 Å². The first kappa shape index (κ1) is 29.3. The summed E-state index contributed by atoms with van der Waals surface area (Å²) in [6.45, 7) is 3.72. The Balaban J connectivity index is 1.80. The van der Waals surface area contributed by atoms with Crippen molar-refractivity contribution in [2.45, 2.75) is 18.2 Å². The number of hydrogen-bond acceptors (Lipinski definition) is 6. The Morgan fingerprint density at radius 1 is 0.795 bits per heavy atom. The number of benzene rings is 5. The van der Waals surface area contributed by atoms with Crippen LogP contribution in [0.4, 0.5) is 5.69 Å². The number of hydrogen-bond donors (Lipinski definition) is 3. The zero-order valence-corrected chi connectivity index (χ0v) is 25.1. The second-order valence-corrected chi connectivity index (χ2v) is 11.9. The first-order valence-electron chi connectivity index (χ1n) is 14.6. The van der Waals surface area contributed by atoms with Gasteiger partial charge in [-0.15, -0.1) is 0 Å². The number of nitrogens with two attached hydrogens (primary N) is 1. The van der Waals surface area contributed by atoms with Crippen LogP contribution >= 0.6 is 0 Å². The summed E-state index contributed by atoms with van der Waals surface area (Å²) in [5.41, 5.74) is 12.7. The van der Waals surface area contributed by atoms with Gasteiger partial charge < -0.3 is 15.5 Å². The molecule has 4 aromatic rings. The van der Waals surface area contributed by atoms with Crippen molar-refractivity contribution in [3.8, 4) is 44.7 Å². The molecule has 44 heavy (non-hydrogen) atoms. The van der Waals surface area contributed by atoms with Gasteiger partial charge in [-0.1, -0.05) is 85.8 Å². The first-order valence-corrected chi connectivity index (χ1v) is 16.0. The molecule has 0 fully saturated rings. The van der Waals surface area contributed by atoms with E-state index in [0.29, 0.717) is 53.1 Å². The molecule has 0 bridgehead atoms. The Morgan fingerprint density at radius 2 is 1.45 bits per heavy atom. The lowest BCUT2D eigenvalue weighted by molar-refractivity contribution is 0.483. The Kier molecular flexibility index (Phi) is 8.30. The zero-order valence-electron chi connectivity index (χ0n) is 24.3. The molecule has 0 spiro atoms. The monoisotopic (exact) mass is 603 g/mol. The van der Waals surface area contributed by atoms with Gasteiger partial charge in [0.15, 0.2) is 0 Å². The van der Waals surface area contributed by atoms with Crippen molar-refractivity contribution in [1.82, 2.24) is 0 Å². The highest BCUT2D eigenvalue weighted by Crippen LogP contribution is 2.45. The molecule has 1 aliphatic heterocycles. The average Bonchev–Trinajstić information content (AvgIpc) is 3.05. The first-order chi connectivity index (χ1) is 21.4. The minimum absolute atomic E-state index is 0.179. The summed E-state index contributed by atoms with van der Waals surface area (Å²) in [6.07, 6.45) is 0.881. The Morgan fingerprint density at radius 3 is 2.11 bits per heavy atom. The standard InChI is InChI=1S/C36H33N3O4S/c1-2-18-38-31-22-33-29(20-27(31)24-11-5-3-6-12-24)36(26-15-9-10-16-35(26)44(40,41)42)30-21-28(25-13-7-4-8-14-25)32(39-19-17-37)23-34(30)43-33/h3-16,20-23,39H,2,17-19,37H2,1H3,(H,40,41,42). The predicted molar refractivity (Wildman–Crippen MR) is 177 cm³/mol. The number of nitrogens with zero attached hydrogens (tertiary/aromatic N) is 1. The van der Waals surface area contributed by atoms with Crippen LogP contribution in [0.3, 0.4) is 0 Å². The minimum Gasteiger partial charge on any atom is -0.456 e. The molecule has 0 unspecified atom stereocenters. The summed E-state index contributed by atoms with van der Waals surface area (Å²) < 4.78 is 42.4. The van der Waals surface area contributed by atoms with Crippen LogP contribution in [0.1, 0.15) is 13.3 Å². The van der Waals surface area contributed by atoms with Gasteiger partial charge in [-0.25, -0.2) is 0 Å². The van der Waals surface area contributed by atoms with Crippen LogP contribution in [0.2, 0.25) is 0 Å². The van der Waals surface area contributed by atoms with Gasteiger partial charge in [0.2, 0.25) is 0 Å². The summed E-state index contributed by atoms with van der Waals surface area (Å²) in [7, 11) is -4.56. The fourth-order valence-corrected chi connectivity index (χ4v) is 6.28. The normalized spacial score (nSPS) is 12.2. The van der Waals surface area contributed by atoms with Crippen molar-refractivity contribution in [3.05, 3.63) is 115 Å². The second-order valence-electron chi connectivity index (χ2n) is 10.5. The molecule has 0 radical (unpaired) electrons. The van der Waals surface area contributed by atoms with Crippen LogP contribution in [-0.4, -0.2) is 32.6 Å². The highest BCUT2D eigenvalue weighted by molar-refractivity contribution is 7.86.